The van der Waals surface area contributed by atoms with Gasteiger partial charge in [0, 0.05) is 19.0 Å². The second-order valence-corrected chi connectivity index (χ2v) is 6.78. The van der Waals surface area contributed by atoms with Gasteiger partial charge < -0.3 is 15.1 Å². The van der Waals surface area contributed by atoms with E-state index in [1.54, 1.807) is 7.05 Å². The number of nitrogens with one attached hydrogen (secondary N) is 2. The average molecular weight is 328 g/mol. The van der Waals surface area contributed by atoms with E-state index in [1.807, 2.05) is 13.8 Å². The molecule has 2 rings (SSSR count). The van der Waals surface area contributed by atoms with E-state index >= 15 is 0 Å². The Kier molecular flexibility index (Phi) is 5.65. The number of hydrogen-bond acceptors (Lipinski definition) is 3. The van der Waals surface area contributed by atoms with Crippen LogP contribution in [0.4, 0.5) is 0 Å². The van der Waals surface area contributed by atoms with Gasteiger partial charge in [-0.05, 0) is 26.3 Å². The lowest BCUT2D eigenvalue weighted by atomic mass is 9.84. The molecule has 0 saturated carbocycles. The van der Waals surface area contributed by atoms with Crippen molar-refractivity contribution in [2.45, 2.75) is 46.6 Å². The summed E-state index contributed by atoms with van der Waals surface area (Å²) in [6.45, 7) is 11.7. The molecular weight excluding hydrogens is 300 g/mol. The molecule has 0 bridgehead atoms. The first kappa shape index (κ1) is 18.0. The van der Waals surface area contributed by atoms with Gasteiger partial charge in [0.2, 0.25) is 5.89 Å². The molecule has 0 amide bonds. The van der Waals surface area contributed by atoms with Gasteiger partial charge in [0.05, 0.1) is 12.2 Å². The highest BCUT2D eigenvalue weighted by molar-refractivity contribution is 5.79. The third-order valence-corrected chi connectivity index (χ3v) is 4.23. The van der Waals surface area contributed by atoms with Crippen LogP contribution in [0, 0.1) is 20.8 Å². The van der Waals surface area contributed by atoms with Crippen LogP contribution >= 0.6 is 0 Å². The fraction of sp³-hybridized carbons (Fsp3) is 0.474. The molecule has 5 heteroatoms. The minimum Gasteiger partial charge on any atom is -0.444 e. The summed E-state index contributed by atoms with van der Waals surface area (Å²) < 4.78 is 5.58. The van der Waals surface area contributed by atoms with Gasteiger partial charge in [0.15, 0.2) is 5.96 Å². The zero-order valence-electron chi connectivity index (χ0n) is 15.5. The summed E-state index contributed by atoms with van der Waals surface area (Å²) in [4.78, 5) is 8.64. The van der Waals surface area contributed by atoms with E-state index in [1.165, 1.54) is 11.1 Å². The van der Waals surface area contributed by atoms with Gasteiger partial charge in [0.25, 0.3) is 0 Å². The van der Waals surface area contributed by atoms with Crippen LogP contribution in [0.15, 0.2) is 33.7 Å². The number of hydrogen-bond donors (Lipinski definition) is 2. The van der Waals surface area contributed by atoms with Crippen molar-refractivity contribution in [3.8, 4) is 0 Å². The highest BCUT2D eigenvalue weighted by Gasteiger charge is 2.20. The lowest BCUT2D eigenvalue weighted by Gasteiger charge is -2.26. The lowest BCUT2D eigenvalue weighted by Crippen LogP contribution is -2.43. The topological polar surface area (TPSA) is 62.5 Å². The predicted octanol–water partition coefficient (Wildman–Crippen LogP) is 3.24. The molecule has 0 aliphatic heterocycles. The normalized spacial score (nSPS) is 12.3. The second-order valence-electron chi connectivity index (χ2n) is 6.78. The summed E-state index contributed by atoms with van der Waals surface area (Å²) in [5.41, 5.74) is 3.50. The maximum atomic E-state index is 5.58. The number of benzene rings is 1. The number of aliphatic imine (C=N–C) groups is 1. The molecule has 0 unspecified atom stereocenters. The van der Waals surface area contributed by atoms with Crippen LogP contribution in [0.2, 0.25) is 0 Å². The van der Waals surface area contributed by atoms with Crippen molar-refractivity contribution in [3.63, 3.8) is 0 Å². The predicted molar refractivity (Wildman–Crippen MR) is 98.4 cm³/mol. The second kappa shape index (κ2) is 7.51. The van der Waals surface area contributed by atoms with E-state index < -0.39 is 0 Å². The minimum atomic E-state index is 0.00142. The summed E-state index contributed by atoms with van der Waals surface area (Å²) in [7, 11) is 1.76. The van der Waals surface area contributed by atoms with Gasteiger partial charge in [-0.15, -0.1) is 0 Å². The molecule has 0 saturated heterocycles. The third kappa shape index (κ3) is 4.60. The van der Waals surface area contributed by atoms with Crippen molar-refractivity contribution < 1.29 is 4.42 Å². The monoisotopic (exact) mass is 328 g/mol. The van der Waals surface area contributed by atoms with Gasteiger partial charge in [0.1, 0.15) is 5.76 Å². The highest BCUT2D eigenvalue weighted by atomic mass is 16.4. The van der Waals surface area contributed by atoms with Crippen LogP contribution in [0.25, 0.3) is 0 Å². The number of rotatable bonds is 5. The smallest absolute Gasteiger partial charge is 0.214 e. The molecule has 24 heavy (non-hydrogen) atoms. The average Bonchev–Trinajstić information content (AvgIpc) is 2.86. The Hall–Kier alpha value is -2.30. The Morgan fingerprint density at radius 3 is 2.33 bits per heavy atom. The fourth-order valence-electron chi connectivity index (χ4n) is 2.41. The van der Waals surface area contributed by atoms with Crippen molar-refractivity contribution in [2.75, 3.05) is 13.6 Å². The van der Waals surface area contributed by atoms with Crippen molar-refractivity contribution >= 4 is 5.96 Å². The Labute approximate surface area is 144 Å². The number of nitrogens with zero attached hydrogens (tertiary/aromatic N) is 2. The molecule has 2 N–H and O–H groups in total. The maximum absolute atomic E-state index is 5.58. The van der Waals surface area contributed by atoms with E-state index in [0.29, 0.717) is 12.4 Å². The van der Waals surface area contributed by atoms with Crippen LogP contribution in [-0.4, -0.2) is 24.5 Å². The van der Waals surface area contributed by atoms with Gasteiger partial charge in [-0.2, -0.15) is 0 Å². The van der Waals surface area contributed by atoms with E-state index in [-0.39, 0.29) is 5.41 Å². The summed E-state index contributed by atoms with van der Waals surface area (Å²) >= 11 is 0. The highest BCUT2D eigenvalue weighted by Crippen LogP contribution is 2.22. The van der Waals surface area contributed by atoms with E-state index in [0.717, 1.165) is 24.0 Å². The quantitative estimate of drug-likeness (QED) is 0.653. The maximum Gasteiger partial charge on any atom is 0.214 e. The molecule has 0 aliphatic carbocycles. The minimum absolute atomic E-state index is 0.00142. The lowest BCUT2D eigenvalue weighted by molar-refractivity contribution is 0.461. The Morgan fingerprint density at radius 2 is 1.79 bits per heavy atom. The number of aryl methyl sites for hydroxylation is 3. The summed E-state index contributed by atoms with van der Waals surface area (Å²) in [5.74, 6) is 2.27. The Balaban J connectivity index is 1.91. The molecule has 0 fully saturated rings. The Morgan fingerprint density at radius 1 is 1.12 bits per heavy atom. The largest absolute Gasteiger partial charge is 0.444 e. The molecule has 0 radical (unpaired) electrons. The summed E-state index contributed by atoms with van der Waals surface area (Å²) in [5, 5.41) is 6.63. The summed E-state index contributed by atoms with van der Waals surface area (Å²) in [6, 6.07) is 8.67. The SMILES string of the molecule is CN=C(NCc1nc(C)c(C)o1)NCC(C)(C)c1ccc(C)cc1. The van der Waals surface area contributed by atoms with Gasteiger partial charge in [-0.1, -0.05) is 43.7 Å². The Bertz CT molecular complexity index is 679. The van der Waals surface area contributed by atoms with Gasteiger partial charge >= 0.3 is 0 Å². The molecule has 1 aromatic heterocycles. The molecule has 0 spiro atoms. The fourth-order valence-corrected chi connectivity index (χ4v) is 2.41. The zero-order chi connectivity index (χ0) is 17.7. The molecule has 1 heterocycles. The van der Waals surface area contributed by atoms with Crippen LogP contribution in [-0.2, 0) is 12.0 Å². The first-order chi connectivity index (χ1) is 11.3. The van der Waals surface area contributed by atoms with Crippen molar-refractivity contribution in [1.82, 2.24) is 15.6 Å². The standard InChI is InChI=1S/C19H28N4O/c1-13-7-9-16(10-8-13)19(4,5)12-22-18(20-6)21-11-17-23-14(2)15(3)24-17/h7-10H,11-12H2,1-6H3,(H2,20,21,22). The van der Waals surface area contributed by atoms with Gasteiger partial charge in [-0.3, -0.25) is 4.99 Å². The molecule has 130 valence electrons. The van der Waals surface area contributed by atoms with Crippen LogP contribution in [0.3, 0.4) is 0 Å². The number of oxazole rings is 1. The zero-order valence-corrected chi connectivity index (χ0v) is 15.5. The summed E-state index contributed by atoms with van der Waals surface area (Å²) in [6.07, 6.45) is 0. The molecule has 1 aromatic carbocycles. The number of guanidine groups is 1. The molecule has 0 aliphatic rings. The van der Waals surface area contributed by atoms with Crippen LogP contribution in [0.1, 0.15) is 42.3 Å². The van der Waals surface area contributed by atoms with Crippen LogP contribution < -0.4 is 10.6 Å². The third-order valence-electron chi connectivity index (χ3n) is 4.23. The first-order valence-corrected chi connectivity index (χ1v) is 8.26. The van der Waals surface area contributed by atoms with Crippen molar-refractivity contribution in [2.24, 2.45) is 4.99 Å². The van der Waals surface area contributed by atoms with Gasteiger partial charge in [-0.25, -0.2) is 4.98 Å². The van der Waals surface area contributed by atoms with E-state index in [4.69, 9.17) is 4.42 Å². The van der Waals surface area contributed by atoms with Crippen molar-refractivity contribution in [1.29, 1.82) is 0 Å². The number of aromatic nitrogens is 1. The van der Waals surface area contributed by atoms with E-state index in [9.17, 15) is 0 Å². The molecule has 0 atom stereocenters. The van der Waals surface area contributed by atoms with Crippen molar-refractivity contribution in [3.05, 3.63) is 52.7 Å². The first-order valence-electron chi connectivity index (χ1n) is 8.26. The van der Waals surface area contributed by atoms with E-state index in [2.05, 4.69) is 65.6 Å². The molecular formula is C19H28N4O. The van der Waals surface area contributed by atoms with Crippen LogP contribution in [0.5, 0.6) is 0 Å². The molecule has 5 nitrogen and oxygen atoms in total. The molecule has 2 aromatic rings.